The molecular weight excluding hydrogens is 246 g/mol. The zero-order valence-electron chi connectivity index (χ0n) is 9.49. The van der Waals surface area contributed by atoms with Crippen LogP contribution in [0.15, 0.2) is 0 Å². The summed E-state index contributed by atoms with van der Waals surface area (Å²) in [5.41, 5.74) is 0. The van der Waals surface area contributed by atoms with Crippen LogP contribution in [-0.2, 0) is 4.79 Å². The van der Waals surface area contributed by atoms with E-state index in [0.29, 0.717) is 23.4 Å². The molecule has 1 amide bonds. The second kappa shape index (κ2) is 6.81. The Morgan fingerprint density at radius 1 is 1.56 bits per heavy atom. The summed E-state index contributed by atoms with van der Waals surface area (Å²) in [6.07, 6.45) is 2.51. The van der Waals surface area contributed by atoms with E-state index in [0.717, 1.165) is 17.8 Å². The van der Waals surface area contributed by atoms with Crippen molar-refractivity contribution in [2.24, 2.45) is 0 Å². The van der Waals surface area contributed by atoms with Crippen LogP contribution >= 0.6 is 22.9 Å². The number of anilines is 1. The zero-order chi connectivity index (χ0) is 12.0. The molecule has 1 unspecified atom stereocenters. The highest BCUT2D eigenvalue weighted by Crippen LogP contribution is 2.26. The predicted molar refractivity (Wildman–Crippen MR) is 67.2 cm³/mol. The van der Waals surface area contributed by atoms with Crippen LogP contribution in [0.3, 0.4) is 0 Å². The van der Waals surface area contributed by atoms with Gasteiger partial charge in [-0.3, -0.25) is 4.79 Å². The Hall–Kier alpha value is -0.680. The van der Waals surface area contributed by atoms with Crippen molar-refractivity contribution in [1.82, 2.24) is 10.2 Å². The summed E-state index contributed by atoms with van der Waals surface area (Å²) in [6, 6.07) is 0. The molecule has 16 heavy (non-hydrogen) atoms. The van der Waals surface area contributed by atoms with Crippen molar-refractivity contribution in [1.29, 1.82) is 0 Å². The first-order valence-electron chi connectivity index (χ1n) is 5.36. The minimum atomic E-state index is -0.110. The zero-order valence-corrected chi connectivity index (χ0v) is 11.1. The van der Waals surface area contributed by atoms with E-state index in [2.05, 4.69) is 29.4 Å². The van der Waals surface area contributed by atoms with Crippen molar-refractivity contribution in [2.45, 2.75) is 39.0 Å². The second-order valence-electron chi connectivity index (χ2n) is 3.62. The lowest BCUT2D eigenvalue weighted by molar-refractivity contribution is -0.115. The monoisotopic (exact) mass is 261 g/mol. The van der Waals surface area contributed by atoms with Gasteiger partial charge in [-0.05, 0) is 6.42 Å². The van der Waals surface area contributed by atoms with Gasteiger partial charge in [-0.25, -0.2) is 0 Å². The summed E-state index contributed by atoms with van der Waals surface area (Å²) >= 11 is 6.90. The van der Waals surface area contributed by atoms with E-state index in [1.807, 2.05) is 0 Å². The van der Waals surface area contributed by atoms with Crippen LogP contribution in [0.1, 0.15) is 44.0 Å². The number of hydrogen-bond acceptors (Lipinski definition) is 4. The highest BCUT2D eigenvalue weighted by Gasteiger charge is 2.12. The van der Waals surface area contributed by atoms with Gasteiger partial charge in [0.25, 0.3) is 0 Å². The summed E-state index contributed by atoms with van der Waals surface area (Å²) in [7, 11) is 0. The fraction of sp³-hybridized carbons (Fsp3) is 0.700. The third-order valence-corrected chi connectivity index (χ3v) is 3.41. The Bertz CT molecular complexity index is 343. The van der Waals surface area contributed by atoms with Crippen molar-refractivity contribution in [3.8, 4) is 0 Å². The molecule has 1 N–H and O–H groups in total. The third-order valence-electron chi connectivity index (χ3n) is 2.15. The Morgan fingerprint density at radius 2 is 2.31 bits per heavy atom. The maximum atomic E-state index is 11.3. The maximum Gasteiger partial charge on any atom is 0.227 e. The van der Waals surface area contributed by atoms with E-state index in [9.17, 15) is 4.79 Å². The number of aromatic nitrogens is 2. The molecule has 1 aromatic heterocycles. The first-order chi connectivity index (χ1) is 7.67. The van der Waals surface area contributed by atoms with Crippen LogP contribution < -0.4 is 5.32 Å². The second-order valence-corrected chi connectivity index (χ2v) is 5.01. The topological polar surface area (TPSA) is 54.9 Å². The lowest BCUT2D eigenvalue weighted by atomic mass is 10.1. The van der Waals surface area contributed by atoms with Crippen molar-refractivity contribution < 1.29 is 4.79 Å². The number of carbonyl (C=O) groups is 1. The molecule has 0 aliphatic rings. The Morgan fingerprint density at radius 3 is 2.94 bits per heavy atom. The van der Waals surface area contributed by atoms with Crippen LogP contribution in [0.2, 0.25) is 0 Å². The van der Waals surface area contributed by atoms with Crippen molar-refractivity contribution in [3.63, 3.8) is 0 Å². The van der Waals surface area contributed by atoms with Crippen molar-refractivity contribution in [3.05, 3.63) is 5.01 Å². The molecule has 0 radical (unpaired) electrons. The smallest absolute Gasteiger partial charge is 0.227 e. The van der Waals surface area contributed by atoms with Gasteiger partial charge >= 0.3 is 0 Å². The van der Waals surface area contributed by atoms with Crippen LogP contribution in [-0.4, -0.2) is 22.0 Å². The lowest BCUT2D eigenvalue weighted by Crippen LogP contribution is -2.11. The number of nitrogens with one attached hydrogen (secondary N) is 1. The number of rotatable bonds is 6. The van der Waals surface area contributed by atoms with E-state index in [-0.39, 0.29) is 5.91 Å². The average molecular weight is 262 g/mol. The first kappa shape index (κ1) is 13.4. The van der Waals surface area contributed by atoms with E-state index in [1.54, 1.807) is 0 Å². The molecule has 1 heterocycles. The third kappa shape index (κ3) is 4.06. The van der Waals surface area contributed by atoms with Crippen LogP contribution in [0, 0.1) is 0 Å². The number of halogens is 1. The van der Waals surface area contributed by atoms with Gasteiger partial charge < -0.3 is 5.32 Å². The molecule has 1 atom stereocenters. The minimum absolute atomic E-state index is 0.110. The van der Waals surface area contributed by atoms with Gasteiger partial charge in [0.2, 0.25) is 11.0 Å². The Balaban J connectivity index is 2.54. The summed E-state index contributed by atoms with van der Waals surface area (Å²) in [4.78, 5) is 11.3. The van der Waals surface area contributed by atoms with E-state index in [4.69, 9.17) is 11.6 Å². The quantitative estimate of drug-likeness (QED) is 0.801. The lowest BCUT2D eigenvalue weighted by Gasteiger charge is -2.03. The largest absolute Gasteiger partial charge is 0.300 e. The Kier molecular flexibility index (Phi) is 5.69. The number of carbonyl (C=O) groups excluding carboxylic acids is 1. The highest BCUT2D eigenvalue weighted by atomic mass is 35.5. The molecule has 0 saturated carbocycles. The molecule has 0 bridgehead atoms. The number of amides is 1. The molecule has 1 rings (SSSR count). The van der Waals surface area contributed by atoms with Crippen LogP contribution in [0.25, 0.3) is 0 Å². The molecule has 6 heteroatoms. The summed E-state index contributed by atoms with van der Waals surface area (Å²) in [5, 5.41) is 12.2. The molecule has 4 nitrogen and oxygen atoms in total. The average Bonchev–Trinajstić information content (AvgIpc) is 2.67. The molecular formula is C10H16ClN3OS. The van der Waals surface area contributed by atoms with Gasteiger partial charge in [0.05, 0.1) is 0 Å². The number of alkyl halides is 1. The molecule has 0 aliphatic heterocycles. The summed E-state index contributed by atoms with van der Waals surface area (Å²) < 4.78 is 0. The van der Waals surface area contributed by atoms with Crippen LogP contribution in [0.5, 0.6) is 0 Å². The molecule has 0 aromatic carbocycles. The molecule has 0 fully saturated rings. The van der Waals surface area contributed by atoms with E-state index < -0.39 is 0 Å². The van der Waals surface area contributed by atoms with E-state index in [1.165, 1.54) is 11.3 Å². The van der Waals surface area contributed by atoms with Crippen LogP contribution in [0.4, 0.5) is 5.13 Å². The van der Waals surface area contributed by atoms with Crippen molar-refractivity contribution >= 4 is 34.0 Å². The molecule has 90 valence electrons. The fourth-order valence-electron chi connectivity index (χ4n) is 1.31. The molecule has 0 saturated heterocycles. The number of nitrogens with zero attached hydrogens (tertiary/aromatic N) is 2. The van der Waals surface area contributed by atoms with Gasteiger partial charge in [0.1, 0.15) is 5.01 Å². The van der Waals surface area contributed by atoms with Gasteiger partial charge in [0, 0.05) is 18.2 Å². The van der Waals surface area contributed by atoms with E-state index >= 15 is 0 Å². The minimum Gasteiger partial charge on any atom is -0.300 e. The van der Waals surface area contributed by atoms with Crippen molar-refractivity contribution in [2.75, 3.05) is 11.2 Å². The Labute approximate surface area is 104 Å². The fourth-order valence-corrected chi connectivity index (χ4v) is 2.33. The van der Waals surface area contributed by atoms with Gasteiger partial charge in [-0.15, -0.1) is 21.8 Å². The molecule has 0 spiro atoms. The number of hydrogen-bond donors (Lipinski definition) is 1. The van der Waals surface area contributed by atoms with Gasteiger partial charge in [0.15, 0.2) is 0 Å². The maximum absolute atomic E-state index is 11.3. The molecule has 0 aliphatic carbocycles. The molecule has 1 aromatic rings. The predicted octanol–water partition coefficient (Wildman–Crippen LogP) is 3.01. The normalized spacial score (nSPS) is 12.4. The standard InChI is InChI=1S/C10H16ClN3OS/c1-3-4-7(2)9-13-14-10(16-9)12-8(15)5-6-11/h7H,3-6H2,1-2H3,(H,12,14,15). The van der Waals surface area contributed by atoms with Gasteiger partial charge in [-0.2, -0.15) is 0 Å². The SMILES string of the molecule is CCCC(C)c1nnc(NC(=O)CCCl)s1. The van der Waals surface area contributed by atoms with Gasteiger partial charge in [-0.1, -0.05) is 31.6 Å². The summed E-state index contributed by atoms with van der Waals surface area (Å²) in [6.45, 7) is 4.26. The highest BCUT2D eigenvalue weighted by molar-refractivity contribution is 7.15. The summed E-state index contributed by atoms with van der Waals surface area (Å²) in [5.74, 6) is 0.617. The first-order valence-corrected chi connectivity index (χ1v) is 6.71.